The summed E-state index contributed by atoms with van der Waals surface area (Å²) < 4.78 is 14.3. The number of rotatable bonds is 1. The molecule has 0 spiro atoms. The van der Waals surface area contributed by atoms with E-state index in [9.17, 15) is 4.39 Å². The van der Waals surface area contributed by atoms with E-state index in [1.54, 1.807) is 6.07 Å². The van der Waals surface area contributed by atoms with E-state index in [4.69, 9.17) is 0 Å². The molecule has 2 rings (SSSR count). The monoisotopic (exact) mass is 241 g/mol. The summed E-state index contributed by atoms with van der Waals surface area (Å²) in [6.07, 6.45) is 2.70. The quantitative estimate of drug-likeness (QED) is 0.785. The zero-order valence-electron chi connectivity index (χ0n) is 7.20. The SMILES string of the molecule is CCc1c[nH]c2c(Br)ccc(F)c12. The number of hydrogen-bond donors (Lipinski definition) is 1. The Kier molecular flexibility index (Phi) is 2.12. The third kappa shape index (κ3) is 1.27. The first kappa shape index (κ1) is 8.75. The molecule has 3 heteroatoms. The minimum atomic E-state index is -0.156. The first-order valence-electron chi connectivity index (χ1n) is 4.18. The maximum Gasteiger partial charge on any atom is 0.132 e. The second kappa shape index (κ2) is 3.14. The van der Waals surface area contributed by atoms with Gasteiger partial charge in [0.25, 0.3) is 0 Å². The Morgan fingerprint density at radius 3 is 2.92 bits per heavy atom. The zero-order valence-corrected chi connectivity index (χ0v) is 8.78. The highest BCUT2D eigenvalue weighted by Gasteiger charge is 2.09. The summed E-state index contributed by atoms with van der Waals surface area (Å²) in [7, 11) is 0. The Hall–Kier alpha value is -0.830. The van der Waals surface area contributed by atoms with Crippen LogP contribution in [0.4, 0.5) is 4.39 Å². The zero-order chi connectivity index (χ0) is 9.42. The van der Waals surface area contributed by atoms with E-state index < -0.39 is 0 Å². The van der Waals surface area contributed by atoms with Crippen molar-refractivity contribution in [3.8, 4) is 0 Å². The average Bonchev–Trinajstić information content (AvgIpc) is 2.56. The highest BCUT2D eigenvalue weighted by atomic mass is 79.9. The fourth-order valence-corrected chi connectivity index (χ4v) is 1.96. The molecule has 0 aliphatic rings. The van der Waals surface area contributed by atoms with Gasteiger partial charge in [0, 0.05) is 16.1 Å². The molecule has 0 saturated heterocycles. The normalized spacial score (nSPS) is 11.0. The standard InChI is InChI=1S/C10H9BrFN/c1-2-6-5-13-10-7(11)3-4-8(12)9(6)10/h3-5,13H,2H2,1H3. The van der Waals surface area contributed by atoms with E-state index in [0.29, 0.717) is 5.39 Å². The van der Waals surface area contributed by atoms with Gasteiger partial charge >= 0.3 is 0 Å². The smallest absolute Gasteiger partial charge is 0.132 e. The summed E-state index contributed by atoms with van der Waals surface area (Å²) in [4.78, 5) is 3.06. The third-order valence-corrected chi connectivity index (χ3v) is 2.86. The molecule has 0 bridgehead atoms. The lowest BCUT2D eigenvalue weighted by atomic mass is 10.1. The van der Waals surface area contributed by atoms with Crippen LogP contribution in [0.15, 0.2) is 22.8 Å². The number of benzene rings is 1. The van der Waals surface area contributed by atoms with Crippen molar-refractivity contribution >= 4 is 26.8 Å². The van der Waals surface area contributed by atoms with Gasteiger partial charge in [0.2, 0.25) is 0 Å². The summed E-state index contributed by atoms with van der Waals surface area (Å²) in [5.41, 5.74) is 1.87. The van der Waals surface area contributed by atoms with Crippen molar-refractivity contribution in [2.75, 3.05) is 0 Å². The van der Waals surface area contributed by atoms with Crippen LogP contribution in [-0.2, 0) is 6.42 Å². The van der Waals surface area contributed by atoms with Gasteiger partial charge in [0.1, 0.15) is 5.82 Å². The summed E-state index contributed by atoms with van der Waals surface area (Å²) in [6.45, 7) is 2.02. The topological polar surface area (TPSA) is 15.8 Å². The number of aromatic nitrogens is 1. The third-order valence-electron chi connectivity index (χ3n) is 2.20. The first-order chi connectivity index (χ1) is 6.24. The number of hydrogen-bond acceptors (Lipinski definition) is 0. The summed E-state index contributed by atoms with van der Waals surface area (Å²) in [5.74, 6) is -0.156. The number of aromatic amines is 1. The highest BCUT2D eigenvalue weighted by Crippen LogP contribution is 2.28. The van der Waals surface area contributed by atoms with Gasteiger partial charge in [-0.2, -0.15) is 0 Å². The van der Waals surface area contributed by atoms with E-state index >= 15 is 0 Å². The molecule has 2 aromatic rings. The number of aryl methyl sites for hydroxylation is 1. The molecule has 0 atom stereocenters. The molecule has 0 unspecified atom stereocenters. The Morgan fingerprint density at radius 2 is 2.23 bits per heavy atom. The maximum atomic E-state index is 13.4. The lowest BCUT2D eigenvalue weighted by Crippen LogP contribution is -1.81. The Balaban J connectivity index is 2.87. The fourth-order valence-electron chi connectivity index (χ4n) is 1.52. The minimum absolute atomic E-state index is 0.156. The number of H-pyrrole nitrogens is 1. The van der Waals surface area contributed by atoms with Crippen LogP contribution < -0.4 is 0 Å². The predicted octanol–water partition coefficient (Wildman–Crippen LogP) is 3.63. The molecule has 13 heavy (non-hydrogen) atoms. The summed E-state index contributed by atoms with van der Waals surface area (Å²) >= 11 is 3.38. The molecule has 1 heterocycles. The molecule has 68 valence electrons. The van der Waals surface area contributed by atoms with Gasteiger partial charge in [-0.15, -0.1) is 0 Å². The second-order valence-electron chi connectivity index (χ2n) is 2.95. The first-order valence-corrected chi connectivity index (χ1v) is 4.97. The van der Waals surface area contributed by atoms with Crippen molar-refractivity contribution < 1.29 is 4.39 Å². The average molecular weight is 242 g/mol. The Labute approximate surface area is 84.1 Å². The van der Waals surface area contributed by atoms with Crippen LogP contribution >= 0.6 is 15.9 Å². The van der Waals surface area contributed by atoms with E-state index in [-0.39, 0.29) is 5.82 Å². The molecule has 1 nitrogen and oxygen atoms in total. The van der Waals surface area contributed by atoms with Crippen LogP contribution in [0.25, 0.3) is 10.9 Å². The fraction of sp³-hybridized carbons (Fsp3) is 0.200. The van der Waals surface area contributed by atoms with E-state index in [0.717, 1.165) is 22.0 Å². The van der Waals surface area contributed by atoms with Crippen LogP contribution in [0.5, 0.6) is 0 Å². The molecule has 0 amide bonds. The van der Waals surface area contributed by atoms with Crippen molar-refractivity contribution in [3.05, 3.63) is 34.2 Å². The van der Waals surface area contributed by atoms with Crippen LogP contribution in [0.1, 0.15) is 12.5 Å². The van der Waals surface area contributed by atoms with Gasteiger partial charge in [-0.05, 0) is 40.0 Å². The maximum absolute atomic E-state index is 13.4. The van der Waals surface area contributed by atoms with Crippen molar-refractivity contribution in [2.24, 2.45) is 0 Å². The molecule has 0 radical (unpaired) electrons. The van der Waals surface area contributed by atoms with Gasteiger partial charge in [-0.3, -0.25) is 0 Å². The van der Waals surface area contributed by atoms with E-state index in [1.165, 1.54) is 6.07 Å². The van der Waals surface area contributed by atoms with Gasteiger partial charge in [-0.25, -0.2) is 4.39 Å². The minimum Gasteiger partial charge on any atom is -0.360 e. The molecule has 0 aliphatic carbocycles. The lowest BCUT2D eigenvalue weighted by Gasteiger charge is -1.97. The largest absolute Gasteiger partial charge is 0.360 e. The van der Waals surface area contributed by atoms with Crippen molar-refractivity contribution in [1.29, 1.82) is 0 Å². The van der Waals surface area contributed by atoms with Crippen molar-refractivity contribution in [1.82, 2.24) is 4.98 Å². The number of fused-ring (bicyclic) bond motifs is 1. The molecule has 1 aromatic heterocycles. The molecular weight excluding hydrogens is 233 g/mol. The van der Waals surface area contributed by atoms with Crippen molar-refractivity contribution in [2.45, 2.75) is 13.3 Å². The van der Waals surface area contributed by atoms with Crippen LogP contribution in [0.3, 0.4) is 0 Å². The lowest BCUT2D eigenvalue weighted by molar-refractivity contribution is 0.639. The highest BCUT2D eigenvalue weighted by molar-refractivity contribution is 9.10. The summed E-state index contributed by atoms with van der Waals surface area (Å²) in [6, 6.07) is 3.20. The second-order valence-corrected chi connectivity index (χ2v) is 3.80. The van der Waals surface area contributed by atoms with Gasteiger partial charge in [-0.1, -0.05) is 6.92 Å². The van der Waals surface area contributed by atoms with Gasteiger partial charge in [0.05, 0.1) is 5.52 Å². The summed E-state index contributed by atoms with van der Waals surface area (Å²) in [5, 5.41) is 0.705. The predicted molar refractivity (Wildman–Crippen MR) is 55.3 cm³/mol. The molecule has 1 aromatic carbocycles. The molecule has 0 saturated carbocycles. The number of halogens is 2. The van der Waals surface area contributed by atoms with Gasteiger partial charge < -0.3 is 4.98 Å². The molecule has 0 fully saturated rings. The van der Waals surface area contributed by atoms with E-state index in [2.05, 4.69) is 20.9 Å². The molecule has 1 N–H and O–H groups in total. The van der Waals surface area contributed by atoms with Gasteiger partial charge in [0.15, 0.2) is 0 Å². The van der Waals surface area contributed by atoms with Crippen LogP contribution in [-0.4, -0.2) is 4.98 Å². The Morgan fingerprint density at radius 1 is 1.46 bits per heavy atom. The van der Waals surface area contributed by atoms with Crippen LogP contribution in [0, 0.1) is 5.82 Å². The molecular formula is C10H9BrFN. The number of nitrogens with one attached hydrogen (secondary N) is 1. The molecule has 0 aliphatic heterocycles. The Bertz CT molecular complexity index is 447. The van der Waals surface area contributed by atoms with Crippen LogP contribution in [0.2, 0.25) is 0 Å². The van der Waals surface area contributed by atoms with Crippen molar-refractivity contribution in [3.63, 3.8) is 0 Å². The van der Waals surface area contributed by atoms with E-state index in [1.807, 2.05) is 13.1 Å².